The summed E-state index contributed by atoms with van der Waals surface area (Å²) in [6.07, 6.45) is 5.83. The fourth-order valence-electron chi connectivity index (χ4n) is 1.60. The first-order valence-electron chi connectivity index (χ1n) is 4.78. The van der Waals surface area contributed by atoms with Crippen LogP contribution in [0.2, 0.25) is 0 Å². The van der Waals surface area contributed by atoms with Gasteiger partial charge in [-0.3, -0.25) is 4.79 Å². The lowest BCUT2D eigenvalue weighted by Gasteiger charge is -2.14. The van der Waals surface area contributed by atoms with Gasteiger partial charge in [0.2, 0.25) is 0 Å². The summed E-state index contributed by atoms with van der Waals surface area (Å²) in [5.41, 5.74) is 1.08. The zero-order valence-corrected chi connectivity index (χ0v) is 8.56. The van der Waals surface area contributed by atoms with Crippen LogP contribution in [0.5, 0.6) is 0 Å². The fraction of sp³-hybridized carbons (Fsp3) is 0.545. The molecule has 0 aromatic rings. The van der Waals surface area contributed by atoms with Crippen LogP contribution in [-0.4, -0.2) is 23.8 Å². The van der Waals surface area contributed by atoms with Crippen LogP contribution in [-0.2, 0) is 9.53 Å². The molecule has 0 amide bonds. The molecule has 0 spiro atoms. The van der Waals surface area contributed by atoms with Gasteiger partial charge < -0.3 is 9.84 Å². The molecule has 1 heterocycles. The number of esters is 1. The molecule has 1 fully saturated rings. The molecule has 0 bridgehead atoms. The standard InChI is InChI=1S/C11H16O3/c1-3-4-5-8(2)9-6-11(13)14-10(9)7-12/h3-5,9-10,12H,6-7H2,1-2H3/b4-3-,8-5+/t9-,10-/m1/s1. The van der Waals surface area contributed by atoms with Crippen molar-refractivity contribution in [3.05, 3.63) is 23.8 Å². The van der Waals surface area contributed by atoms with Crippen LogP contribution in [0.25, 0.3) is 0 Å². The van der Waals surface area contributed by atoms with Gasteiger partial charge in [0.25, 0.3) is 0 Å². The molecule has 3 heteroatoms. The van der Waals surface area contributed by atoms with E-state index in [-0.39, 0.29) is 24.6 Å². The van der Waals surface area contributed by atoms with Crippen molar-refractivity contribution in [2.75, 3.05) is 6.61 Å². The van der Waals surface area contributed by atoms with Crippen molar-refractivity contribution in [1.82, 2.24) is 0 Å². The minimum atomic E-state index is -0.357. The molecule has 78 valence electrons. The Balaban J connectivity index is 2.71. The predicted molar refractivity (Wildman–Crippen MR) is 53.6 cm³/mol. The largest absolute Gasteiger partial charge is 0.459 e. The molecule has 1 saturated heterocycles. The summed E-state index contributed by atoms with van der Waals surface area (Å²) < 4.78 is 4.97. The molecule has 0 unspecified atom stereocenters. The monoisotopic (exact) mass is 196 g/mol. The average Bonchev–Trinajstić information content (AvgIpc) is 2.56. The number of aliphatic hydroxyl groups excluding tert-OH is 1. The Bertz CT molecular complexity index is 266. The quantitative estimate of drug-likeness (QED) is 0.548. The van der Waals surface area contributed by atoms with Gasteiger partial charge in [-0.25, -0.2) is 0 Å². The van der Waals surface area contributed by atoms with Gasteiger partial charge in [-0.1, -0.05) is 23.8 Å². The summed E-state index contributed by atoms with van der Waals surface area (Å²) in [4.78, 5) is 11.0. The Morgan fingerprint density at radius 3 is 3.00 bits per heavy atom. The number of carbonyl (C=O) groups is 1. The number of hydrogen-bond acceptors (Lipinski definition) is 3. The Morgan fingerprint density at radius 1 is 1.71 bits per heavy atom. The zero-order valence-electron chi connectivity index (χ0n) is 8.56. The molecule has 3 nitrogen and oxygen atoms in total. The maximum absolute atomic E-state index is 11.0. The third-order valence-corrected chi connectivity index (χ3v) is 2.43. The molecule has 0 saturated carbocycles. The Morgan fingerprint density at radius 2 is 2.43 bits per heavy atom. The van der Waals surface area contributed by atoms with Crippen LogP contribution in [0.15, 0.2) is 23.8 Å². The Labute approximate surface area is 84.1 Å². The highest BCUT2D eigenvalue weighted by molar-refractivity contribution is 5.72. The van der Waals surface area contributed by atoms with E-state index in [9.17, 15) is 4.79 Å². The molecular weight excluding hydrogens is 180 g/mol. The molecule has 2 atom stereocenters. The highest BCUT2D eigenvalue weighted by Crippen LogP contribution is 2.28. The zero-order chi connectivity index (χ0) is 10.6. The molecule has 1 rings (SSSR count). The van der Waals surface area contributed by atoms with Crippen LogP contribution in [0.1, 0.15) is 20.3 Å². The van der Waals surface area contributed by atoms with Crippen LogP contribution >= 0.6 is 0 Å². The van der Waals surface area contributed by atoms with E-state index in [1.54, 1.807) is 0 Å². The molecular formula is C11H16O3. The number of cyclic esters (lactones) is 1. The van der Waals surface area contributed by atoms with Crippen LogP contribution in [0.4, 0.5) is 0 Å². The Hall–Kier alpha value is -1.09. The molecule has 1 aliphatic rings. The van der Waals surface area contributed by atoms with E-state index in [1.165, 1.54) is 0 Å². The van der Waals surface area contributed by atoms with Crippen LogP contribution in [0.3, 0.4) is 0 Å². The highest BCUT2D eigenvalue weighted by Gasteiger charge is 2.34. The first-order chi connectivity index (χ1) is 6.69. The average molecular weight is 196 g/mol. The lowest BCUT2D eigenvalue weighted by atomic mass is 9.93. The summed E-state index contributed by atoms with van der Waals surface area (Å²) in [7, 11) is 0. The van der Waals surface area contributed by atoms with Gasteiger partial charge in [0.15, 0.2) is 0 Å². The number of aliphatic hydroxyl groups is 1. The predicted octanol–water partition coefficient (Wildman–Crippen LogP) is 1.43. The SMILES string of the molecule is C/C=C\C=C(/C)[C@H]1CC(=O)O[C@@H]1CO. The van der Waals surface area contributed by atoms with E-state index in [1.807, 2.05) is 32.1 Å². The van der Waals surface area contributed by atoms with E-state index in [0.29, 0.717) is 6.42 Å². The molecule has 0 aliphatic carbocycles. The second-order valence-corrected chi connectivity index (χ2v) is 3.46. The molecule has 14 heavy (non-hydrogen) atoms. The van der Waals surface area contributed by atoms with Gasteiger partial charge in [0, 0.05) is 5.92 Å². The smallest absolute Gasteiger partial charge is 0.306 e. The fourth-order valence-corrected chi connectivity index (χ4v) is 1.60. The molecule has 0 aromatic heterocycles. The summed E-state index contributed by atoms with van der Waals surface area (Å²) in [5, 5.41) is 9.01. The van der Waals surface area contributed by atoms with Gasteiger partial charge in [0.05, 0.1) is 13.0 Å². The van der Waals surface area contributed by atoms with Crippen molar-refractivity contribution in [3.63, 3.8) is 0 Å². The van der Waals surface area contributed by atoms with E-state index < -0.39 is 0 Å². The maximum Gasteiger partial charge on any atom is 0.306 e. The first-order valence-corrected chi connectivity index (χ1v) is 4.78. The second kappa shape index (κ2) is 4.96. The number of allylic oxidation sites excluding steroid dienone is 3. The van der Waals surface area contributed by atoms with Gasteiger partial charge in [-0.05, 0) is 13.8 Å². The molecule has 1 aliphatic heterocycles. The van der Waals surface area contributed by atoms with Crippen molar-refractivity contribution >= 4 is 5.97 Å². The molecule has 1 N–H and O–H groups in total. The lowest BCUT2D eigenvalue weighted by Crippen LogP contribution is -2.21. The summed E-state index contributed by atoms with van der Waals surface area (Å²) >= 11 is 0. The van der Waals surface area contributed by atoms with E-state index in [2.05, 4.69) is 0 Å². The summed E-state index contributed by atoms with van der Waals surface area (Å²) in [5.74, 6) is -0.189. The topological polar surface area (TPSA) is 46.5 Å². The first kappa shape index (κ1) is 11.0. The third kappa shape index (κ3) is 2.45. The van der Waals surface area contributed by atoms with Crippen LogP contribution < -0.4 is 0 Å². The highest BCUT2D eigenvalue weighted by atomic mass is 16.6. The number of ether oxygens (including phenoxy) is 1. The van der Waals surface area contributed by atoms with E-state index in [4.69, 9.17) is 9.84 Å². The van der Waals surface area contributed by atoms with Crippen molar-refractivity contribution in [3.8, 4) is 0 Å². The normalized spacial score (nSPS) is 28.5. The molecule has 0 radical (unpaired) electrons. The summed E-state index contributed by atoms with van der Waals surface area (Å²) in [6.45, 7) is 3.79. The van der Waals surface area contributed by atoms with E-state index in [0.717, 1.165) is 5.57 Å². The second-order valence-electron chi connectivity index (χ2n) is 3.46. The Kier molecular flexibility index (Phi) is 3.89. The maximum atomic E-state index is 11.0. The van der Waals surface area contributed by atoms with Gasteiger partial charge in [0.1, 0.15) is 6.10 Å². The van der Waals surface area contributed by atoms with Crippen molar-refractivity contribution < 1.29 is 14.6 Å². The number of hydrogen-bond donors (Lipinski definition) is 1. The lowest BCUT2D eigenvalue weighted by molar-refractivity contribution is -0.142. The van der Waals surface area contributed by atoms with Crippen LogP contribution in [0, 0.1) is 5.92 Å². The third-order valence-electron chi connectivity index (χ3n) is 2.43. The number of rotatable bonds is 3. The minimum Gasteiger partial charge on any atom is -0.459 e. The van der Waals surface area contributed by atoms with Gasteiger partial charge >= 0.3 is 5.97 Å². The van der Waals surface area contributed by atoms with Gasteiger partial charge in [-0.15, -0.1) is 0 Å². The van der Waals surface area contributed by atoms with Crippen molar-refractivity contribution in [1.29, 1.82) is 0 Å². The van der Waals surface area contributed by atoms with Crippen molar-refractivity contribution in [2.45, 2.75) is 26.4 Å². The minimum absolute atomic E-state index is 0.0312. The molecule has 0 aromatic carbocycles. The number of carbonyl (C=O) groups excluding carboxylic acids is 1. The summed E-state index contributed by atoms with van der Waals surface area (Å²) in [6, 6.07) is 0. The van der Waals surface area contributed by atoms with Gasteiger partial charge in [-0.2, -0.15) is 0 Å². The van der Waals surface area contributed by atoms with Crippen molar-refractivity contribution in [2.24, 2.45) is 5.92 Å². The van der Waals surface area contributed by atoms with E-state index >= 15 is 0 Å².